The number of amides is 2. The molecule has 0 saturated carbocycles. The second-order valence-electron chi connectivity index (χ2n) is 7.57. The van der Waals surface area contributed by atoms with Gasteiger partial charge in [-0.3, -0.25) is 14.5 Å². The fourth-order valence-corrected chi connectivity index (χ4v) is 3.93. The number of carbonyl (C=O) groups excluding carboxylic acids is 2. The highest BCUT2D eigenvalue weighted by atomic mass is 19.1. The number of fused-ring (bicyclic) bond motifs is 1. The molecule has 2 aromatic carbocycles. The number of carbonyl (C=O) groups is 2. The summed E-state index contributed by atoms with van der Waals surface area (Å²) in [6.07, 6.45) is -0.840. The van der Waals surface area contributed by atoms with E-state index in [9.17, 15) is 14.0 Å². The standard InChI is InChI=1S/C24H21FN2O5/c25-17-6-2-1-5-16(17)19-9-10-21(31-19)24(29)27-15-22(23(28)26-11-13-30-14-12-26)32-20-8-4-3-7-18(20)27/h1-10,22H,11-15H2/t22-/m1/s1. The third-order valence-corrected chi connectivity index (χ3v) is 5.57. The number of hydrogen-bond donors (Lipinski definition) is 0. The van der Waals surface area contributed by atoms with Crippen LogP contribution in [-0.4, -0.2) is 55.7 Å². The molecule has 1 fully saturated rings. The molecule has 0 aliphatic carbocycles. The number of rotatable bonds is 3. The van der Waals surface area contributed by atoms with Crippen molar-refractivity contribution < 1.29 is 27.9 Å². The highest BCUT2D eigenvalue weighted by Crippen LogP contribution is 2.35. The summed E-state index contributed by atoms with van der Waals surface area (Å²) in [5, 5.41) is 0. The molecule has 0 spiro atoms. The van der Waals surface area contributed by atoms with E-state index >= 15 is 0 Å². The van der Waals surface area contributed by atoms with Crippen molar-refractivity contribution in [2.75, 3.05) is 37.7 Å². The van der Waals surface area contributed by atoms with E-state index in [1.54, 1.807) is 53.4 Å². The van der Waals surface area contributed by atoms with Gasteiger partial charge in [-0.25, -0.2) is 4.39 Å². The Bertz CT molecular complexity index is 1150. The quantitative estimate of drug-likeness (QED) is 0.630. The van der Waals surface area contributed by atoms with Gasteiger partial charge in [0.2, 0.25) is 0 Å². The van der Waals surface area contributed by atoms with E-state index in [2.05, 4.69) is 0 Å². The number of benzene rings is 2. The highest BCUT2D eigenvalue weighted by Gasteiger charge is 2.37. The number of morpholine rings is 1. The first-order valence-electron chi connectivity index (χ1n) is 10.4. The predicted octanol–water partition coefficient (Wildman–Crippen LogP) is 3.35. The lowest BCUT2D eigenvalue weighted by Gasteiger charge is -2.37. The maximum atomic E-state index is 14.1. The predicted molar refractivity (Wildman–Crippen MR) is 114 cm³/mol. The van der Waals surface area contributed by atoms with Gasteiger partial charge in [-0.1, -0.05) is 24.3 Å². The highest BCUT2D eigenvalue weighted by molar-refractivity contribution is 6.06. The summed E-state index contributed by atoms with van der Waals surface area (Å²) >= 11 is 0. The summed E-state index contributed by atoms with van der Waals surface area (Å²) in [6, 6.07) is 16.3. The maximum Gasteiger partial charge on any atom is 0.294 e. The number of nitrogens with zero attached hydrogens (tertiary/aromatic N) is 2. The van der Waals surface area contributed by atoms with Crippen LogP contribution < -0.4 is 9.64 Å². The molecule has 164 valence electrons. The lowest BCUT2D eigenvalue weighted by molar-refractivity contribution is -0.142. The van der Waals surface area contributed by atoms with Crippen molar-refractivity contribution in [3.8, 4) is 17.1 Å². The van der Waals surface area contributed by atoms with Crippen LogP contribution in [0.5, 0.6) is 5.75 Å². The molecule has 1 aromatic heterocycles. The molecular formula is C24H21FN2O5. The Kier molecular flexibility index (Phi) is 5.36. The Hall–Kier alpha value is -3.65. The molecule has 5 rings (SSSR count). The molecule has 1 atom stereocenters. The van der Waals surface area contributed by atoms with Crippen LogP contribution in [-0.2, 0) is 9.53 Å². The van der Waals surface area contributed by atoms with Crippen LogP contribution in [0.2, 0.25) is 0 Å². The summed E-state index contributed by atoms with van der Waals surface area (Å²) in [5.41, 5.74) is 0.821. The van der Waals surface area contributed by atoms with Crippen LogP contribution >= 0.6 is 0 Å². The molecule has 0 bridgehead atoms. The molecule has 2 amide bonds. The maximum absolute atomic E-state index is 14.1. The average molecular weight is 436 g/mol. The molecule has 3 aromatic rings. The van der Waals surface area contributed by atoms with Crippen molar-refractivity contribution in [2.45, 2.75) is 6.10 Å². The number of hydrogen-bond acceptors (Lipinski definition) is 5. The van der Waals surface area contributed by atoms with Gasteiger partial charge < -0.3 is 18.8 Å². The molecule has 0 unspecified atom stereocenters. The zero-order chi connectivity index (χ0) is 22.1. The van der Waals surface area contributed by atoms with Crippen molar-refractivity contribution >= 4 is 17.5 Å². The van der Waals surface area contributed by atoms with Gasteiger partial charge in [0.1, 0.15) is 17.3 Å². The van der Waals surface area contributed by atoms with Crippen LogP contribution in [0.3, 0.4) is 0 Å². The second-order valence-corrected chi connectivity index (χ2v) is 7.57. The zero-order valence-corrected chi connectivity index (χ0v) is 17.2. The Balaban J connectivity index is 1.43. The van der Waals surface area contributed by atoms with Gasteiger partial charge in [0, 0.05) is 13.1 Å². The van der Waals surface area contributed by atoms with Gasteiger partial charge in [-0.05, 0) is 36.4 Å². The van der Waals surface area contributed by atoms with E-state index in [-0.39, 0.29) is 29.5 Å². The van der Waals surface area contributed by atoms with Gasteiger partial charge >= 0.3 is 0 Å². The summed E-state index contributed by atoms with van der Waals surface area (Å²) in [4.78, 5) is 29.6. The van der Waals surface area contributed by atoms with Crippen molar-refractivity contribution in [3.63, 3.8) is 0 Å². The summed E-state index contributed by atoms with van der Waals surface area (Å²) in [6.45, 7) is 1.96. The molecule has 1 saturated heterocycles. The normalized spacial score (nSPS) is 18.1. The lowest BCUT2D eigenvalue weighted by Crippen LogP contribution is -2.54. The van der Waals surface area contributed by atoms with Crippen LogP contribution in [0, 0.1) is 5.82 Å². The minimum atomic E-state index is -0.840. The van der Waals surface area contributed by atoms with Crippen LogP contribution in [0.1, 0.15) is 10.6 Å². The zero-order valence-electron chi connectivity index (χ0n) is 17.2. The minimum Gasteiger partial charge on any atom is -0.476 e. The molecule has 32 heavy (non-hydrogen) atoms. The van der Waals surface area contributed by atoms with Crippen molar-refractivity contribution in [1.82, 2.24) is 4.90 Å². The third kappa shape index (κ3) is 3.73. The summed E-state index contributed by atoms with van der Waals surface area (Å²) < 4.78 is 31.1. The number of anilines is 1. The number of furan rings is 1. The third-order valence-electron chi connectivity index (χ3n) is 5.57. The minimum absolute atomic E-state index is 0.0434. The van der Waals surface area contributed by atoms with Gasteiger partial charge in [0.15, 0.2) is 11.9 Å². The smallest absolute Gasteiger partial charge is 0.294 e. The fourth-order valence-electron chi connectivity index (χ4n) is 3.93. The van der Waals surface area contributed by atoms with E-state index in [1.807, 2.05) is 0 Å². The van der Waals surface area contributed by atoms with Crippen molar-refractivity contribution in [3.05, 3.63) is 72.2 Å². The molecule has 3 heterocycles. The number of para-hydroxylation sites is 2. The van der Waals surface area contributed by atoms with Gasteiger partial charge in [-0.15, -0.1) is 0 Å². The van der Waals surface area contributed by atoms with Gasteiger partial charge in [0.05, 0.1) is 31.0 Å². The van der Waals surface area contributed by atoms with E-state index in [0.29, 0.717) is 37.7 Å². The Morgan fingerprint density at radius 3 is 2.50 bits per heavy atom. The fraction of sp³-hybridized carbons (Fsp3) is 0.250. The monoisotopic (exact) mass is 436 g/mol. The van der Waals surface area contributed by atoms with E-state index in [1.165, 1.54) is 17.0 Å². The molecule has 2 aliphatic heterocycles. The molecule has 7 nitrogen and oxygen atoms in total. The first-order valence-corrected chi connectivity index (χ1v) is 10.4. The van der Waals surface area contributed by atoms with Crippen LogP contribution in [0.25, 0.3) is 11.3 Å². The molecule has 8 heteroatoms. The number of ether oxygens (including phenoxy) is 2. The first-order chi connectivity index (χ1) is 15.6. The molecule has 2 aliphatic rings. The second kappa shape index (κ2) is 8.47. The van der Waals surface area contributed by atoms with Crippen molar-refractivity contribution in [1.29, 1.82) is 0 Å². The first kappa shape index (κ1) is 20.3. The Labute approximate surface area is 183 Å². The number of halogens is 1. The van der Waals surface area contributed by atoms with E-state index in [4.69, 9.17) is 13.9 Å². The lowest BCUT2D eigenvalue weighted by atomic mass is 10.1. The van der Waals surface area contributed by atoms with Gasteiger partial charge in [0.25, 0.3) is 11.8 Å². The summed E-state index contributed by atoms with van der Waals surface area (Å²) in [5.74, 6) is -0.296. The molecule has 0 N–H and O–H groups in total. The summed E-state index contributed by atoms with van der Waals surface area (Å²) in [7, 11) is 0. The van der Waals surface area contributed by atoms with Crippen LogP contribution in [0.4, 0.5) is 10.1 Å². The molecule has 0 radical (unpaired) electrons. The van der Waals surface area contributed by atoms with E-state index < -0.39 is 17.8 Å². The topological polar surface area (TPSA) is 72.2 Å². The Morgan fingerprint density at radius 1 is 0.938 bits per heavy atom. The largest absolute Gasteiger partial charge is 0.476 e. The van der Waals surface area contributed by atoms with Gasteiger partial charge in [-0.2, -0.15) is 0 Å². The van der Waals surface area contributed by atoms with Crippen LogP contribution in [0.15, 0.2) is 65.1 Å². The van der Waals surface area contributed by atoms with Crippen molar-refractivity contribution in [2.24, 2.45) is 0 Å². The SMILES string of the molecule is O=C([C@H]1CN(C(=O)c2ccc(-c3ccccc3F)o2)c2ccccc2O1)N1CCOCC1. The molecular weight excluding hydrogens is 415 g/mol. The average Bonchev–Trinajstić information content (AvgIpc) is 3.33. The van der Waals surface area contributed by atoms with E-state index in [0.717, 1.165) is 0 Å². The Morgan fingerprint density at radius 2 is 1.69 bits per heavy atom.